The highest BCUT2D eigenvalue weighted by Gasteiger charge is 2.34. The van der Waals surface area contributed by atoms with Crippen LogP contribution in [0.5, 0.6) is 5.75 Å². The average molecular weight is 485 g/mol. The lowest BCUT2D eigenvalue weighted by atomic mass is 9.94. The maximum absolute atomic E-state index is 13.0. The molecule has 2 aromatic rings. The van der Waals surface area contributed by atoms with Crippen LogP contribution in [0, 0.1) is 0 Å². The van der Waals surface area contributed by atoms with Gasteiger partial charge in [-0.2, -0.15) is 0 Å². The van der Waals surface area contributed by atoms with Gasteiger partial charge >= 0.3 is 12.0 Å². The number of piperazine rings is 1. The van der Waals surface area contributed by atoms with Gasteiger partial charge in [0.15, 0.2) is 0 Å². The van der Waals surface area contributed by atoms with Gasteiger partial charge in [-0.25, -0.2) is 9.59 Å². The topological polar surface area (TPSA) is 83.1 Å². The van der Waals surface area contributed by atoms with Crippen LogP contribution in [-0.4, -0.2) is 63.3 Å². The van der Waals surface area contributed by atoms with Gasteiger partial charge in [-0.15, -0.1) is 0 Å². The summed E-state index contributed by atoms with van der Waals surface area (Å²) in [5, 5.41) is 6.46. The molecule has 34 heavy (non-hydrogen) atoms. The van der Waals surface area contributed by atoms with E-state index in [9.17, 15) is 9.59 Å². The molecule has 0 aliphatic carbocycles. The minimum atomic E-state index is -0.613. The van der Waals surface area contributed by atoms with Gasteiger partial charge in [0.1, 0.15) is 5.75 Å². The molecule has 8 nitrogen and oxygen atoms in total. The number of hydrogen-bond donors (Lipinski definition) is 2. The number of para-hydroxylation sites is 1. The van der Waals surface area contributed by atoms with Crippen molar-refractivity contribution < 1.29 is 19.1 Å². The van der Waals surface area contributed by atoms with Gasteiger partial charge in [-0.1, -0.05) is 35.9 Å². The Hall–Kier alpha value is -3.23. The van der Waals surface area contributed by atoms with Crippen molar-refractivity contribution in [3.63, 3.8) is 0 Å². The Morgan fingerprint density at radius 1 is 1.09 bits per heavy atom. The van der Waals surface area contributed by atoms with E-state index >= 15 is 0 Å². The molecular formula is C25H29ClN4O4. The quantitative estimate of drug-likeness (QED) is 0.586. The number of ether oxygens (including phenoxy) is 2. The van der Waals surface area contributed by atoms with Gasteiger partial charge in [0.25, 0.3) is 0 Å². The van der Waals surface area contributed by atoms with E-state index in [0.29, 0.717) is 23.6 Å². The Bertz CT molecular complexity index is 1060. The summed E-state index contributed by atoms with van der Waals surface area (Å²) < 4.78 is 10.6. The number of benzene rings is 2. The van der Waals surface area contributed by atoms with Crippen molar-refractivity contribution in [3.8, 4) is 5.75 Å². The maximum atomic E-state index is 13.0. The number of amides is 2. The van der Waals surface area contributed by atoms with E-state index in [-0.39, 0.29) is 12.6 Å². The lowest BCUT2D eigenvalue weighted by Gasteiger charge is -2.38. The van der Waals surface area contributed by atoms with Crippen LogP contribution in [-0.2, 0) is 9.53 Å². The van der Waals surface area contributed by atoms with Crippen molar-refractivity contribution >= 4 is 29.3 Å². The van der Waals surface area contributed by atoms with Crippen LogP contribution in [0.4, 0.5) is 10.5 Å². The van der Waals surface area contributed by atoms with E-state index in [2.05, 4.69) is 20.4 Å². The molecule has 0 radical (unpaired) electrons. The summed E-state index contributed by atoms with van der Waals surface area (Å²) in [7, 11) is 1.59. The predicted octanol–water partition coefficient (Wildman–Crippen LogP) is 3.34. The first-order valence-electron chi connectivity index (χ1n) is 11.3. The minimum Gasteiger partial charge on any atom is -0.497 e. The molecule has 1 fully saturated rings. The number of carbonyl (C=O) groups excluding carboxylic acids is 2. The number of methoxy groups -OCH3 is 1. The fourth-order valence-electron chi connectivity index (χ4n) is 4.32. The van der Waals surface area contributed by atoms with E-state index in [0.717, 1.165) is 42.5 Å². The van der Waals surface area contributed by atoms with Crippen molar-refractivity contribution in [1.29, 1.82) is 0 Å². The molecule has 1 unspecified atom stereocenters. The fourth-order valence-corrected chi connectivity index (χ4v) is 4.57. The van der Waals surface area contributed by atoms with Crippen LogP contribution in [0.2, 0.25) is 5.02 Å². The number of urea groups is 1. The first-order chi connectivity index (χ1) is 16.5. The van der Waals surface area contributed by atoms with Gasteiger partial charge in [0, 0.05) is 38.4 Å². The van der Waals surface area contributed by atoms with Gasteiger partial charge in [-0.05, 0) is 36.8 Å². The lowest BCUT2D eigenvalue weighted by molar-refractivity contribution is -0.139. The molecule has 9 heteroatoms. The van der Waals surface area contributed by atoms with E-state index < -0.39 is 12.0 Å². The molecule has 0 spiro atoms. The first kappa shape index (κ1) is 23.9. The third kappa shape index (κ3) is 5.29. The zero-order chi connectivity index (χ0) is 24.1. The molecule has 1 atom stereocenters. The number of carbonyl (C=O) groups is 2. The van der Waals surface area contributed by atoms with E-state index in [1.807, 2.05) is 36.4 Å². The Balaban J connectivity index is 1.56. The number of halogens is 1. The van der Waals surface area contributed by atoms with Gasteiger partial charge in [0.2, 0.25) is 0 Å². The highest BCUT2D eigenvalue weighted by molar-refractivity contribution is 6.33. The molecule has 2 amide bonds. The zero-order valence-corrected chi connectivity index (χ0v) is 20.1. The Morgan fingerprint density at radius 2 is 1.79 bits per heavy atom. The molecule has 2 aliphatic rings. The standard InChI is InChI=1S/C25H29ClN4O4/c1-3-34-24(31)22-20(27-25(32)28-23(22)17-8-10-18(33-2)11-9-17)16-29-12-14-30(15-13-29)21-7-5-4-6-19(21)26/h4-11,23H,3,12-16H2,1-2H3,(H2,27,28,32). The number of nitrogens with zero attached hydrogens (tertiary/aromatic N) is 2. The molecule has 180 valence electrons. The summed E-state index contributed by atoms with van der Waals surface area (Å²) in [4.78, 5) is 30.0. The molecule has 4 rings (SSSR count). The predicted molar refractivity (Wildman–Crippen MR) is 131 cm³/mol. The largest absolute Gasteiger partial charge is 0.497 e. The third-order valence-electron chi connectivity index (χ3n) is 6.05. The molecular weight excluding hydrogens is 456 g/mol. The summed E-state index contributed by atoms with van der Waals surface area (Å²) in [6.07, 6.45) is 0. The molecule has 2 aliphatic heterocycles. The normalized spacial score (nSPS) is 18.9. The van der Waals surface area contributed by atoms with Crippen LogP contribution in [0.3, 0.4) is 0 Å². The Morgan fingerprint density at radius 3 is 2.44 bits per heavy atom. The van der Waals surface area contributed by atoms with Crippen LogP contribution in [0.1, 0.15) is 18.5 Å². The molecule has 0 aromatic heterocycles. The summed E-state index contributed by atoms with van der Waals surface area (Å²) in [6, 6.07) is 14.1. The Kier molecular flexibility index (Phi) is 7.59. The average Bonchev–Trinajstić information content (AvgIpc) is 2.85. The number of nitrogens with one attached hydrogen (secondary N) is 2. The second kappa shape index (κ2) is 10.8. The Labute approximate surface area is 204 Å². The molecule has 2 heterocycles. The van der Waals surface area contributed by atoms with Crippen molar-refractivity contribution in [2.45, 2.75) is 13.0 Å². The van der Waals surface area contributed by atoms with Crippen LogP contribution in [0.15, 0.2) is 59.8 Å². The highest BCUT2D eigenvalue weighted by atomic mass is 35.5. The monoisotopic (exact) mass is 484 g/mol. The second-order valence-corrected chi connectivity index (χ2v) is 8.54. The van der Waals surface area contributed by atoms with Crippen molar-refractivity contribution in [3.05, 3.63) is 70.4 Å². The van der Waals surface area contributed by atoms with Crippen LogP contribution >= 0.6 is 11.6 Å². The van der Waals surface area contributed by atoms with E-state index in [1.165, 1.54) is 0 Å². The summed E-state index contributed by atoms with van der Waals surface area (Å²) in [6.45, 7) is 5.56. The molecule has 1 saturated heterocycles. The maximum Gasteiger partial charge on any atom is 0.338 e. The van der Waals surface area contributed by atoms with E-state index in [4.69, 9.17) is 21.1 Å². The fraction of sp³-hybridized carbons (Fsp3) is 0.360. The smallest absolute Gasteiger partial charge is 0.338 e. The van der Waals surface area contributed by atoms with Crippen LogP contribution < -0.4 is 20.3 Å². The number of hydrogen-bond acceptors (Lipinski definition) is 6. The van der Waals surface area contributed by atoms with Gasteiger partial charge < -0.3 is 25.0 Å². The minimum absolute atomic E-state index is 0.245. The molecule has 2 N–H and O–H groups in total. The zero-order valence-electron chi connectivity index (χ0n) is 19.3. The van der Waals surface area contributed by atoms with Crippen molar-refractivity contribution in [1.82, 2.24) is 15.5 Å². The number of esters is 1. The molecule has 0 bridgehead atoms. The SMILES string of the molecule is CCOC(=O)C1=C(CN2CCN(c3ccccc3Cl)CC2)NC(=O)NC1c1ccc(OC)cc1. The second-order valence-electron chi connectivity index (χ2n) is 8.13. The highest BCUT2D eigenvalue weighted by Crippen LogP contribution is 2.30. The van der Waals surface area contributed by atoms with Crippen LogP contribution in [0.25, 0.3) is 0 Å². The van der Waals surface area contributed by atoms with Crippen molar-refractivity contribution in [2.75, 3.05) is 51.3 Å². The van der Waals surface area contributed by atoms with Gasteiger partial charge in [-0.3, -0.25) is 4.90 Å². The molecule has 0 saturated carbocycles. The summed E-state index contributed by atoms with van der Waals surface area (Å²) >= 11 is 6.37. The lowest BCUT2D eigenvalue weighted by Crippen LogP contribution is -2.51. The summed E-state index contributed by atoms with van der Waals surface area (Å²) in [5.41, 5.74) is 2.78. The summed E-state index contributed by atoms with van der Waals surface area (Å²) in [5.74, 6) is 0.253. The van der Waals surface area contributed by atoms with E-state index in [1.54, 1.807) is 26.2 Å². The van der Waals surface area contributed by atoms with Crippen molar-refractivity contribution in [2.24, 2.45) is 0 Å². The first-order valence-corrected chi connectivity index (χ1v) is 11.7. The number of anilines is 1. The van der Waals surface area contributed by atoms with Gasteiger partial charge in [0.05, 0.1) is 36.0 Å². The third-order valence-corrected chi connectivity index (χ3v) is 6.36. The molecule has 2 aromatic carbocycles. The number of rotatable bonds is 7.